The number of nitrogens with zero attached hydrogens (tertiary/aromatic N) is 1. The average Bonchev–Trinajstić information content (AvgIpc) is 2.33. The number of hydrogen-bond acceptors (Lipinski definition) is 2. The molecule has 1 aliphatic rings. The van der Waals surface area contributed by atoms with Crippen LogP contribution in [0.25, 0.3) is 0 Å². The second-order valence-corrected chi connectivity index (χ2v) is 3.69. The molecule has 0 spiro atoms. The van der Waals surface area contributed by atoms with Gasteiger partial charge in [0.15, 0.2) is 0 Å². The Morgan fingerprint density at radius 2 is 1.85 bits per heavy atom. The molecule has 0 aromatic carbocycles. The van der Waals surface area contributed by atoms with E-state index in [9.17, 15) is 4.79 Å². The highest BCUT2D eigenvalue weighted by molar-refractivity contribution is 5.75. The summed E-state index contributed by atoms with van der Waals surface area (Å²) in [5, 5.41) is 2.07. The van der Waals surface area contributed by atoms with Crippen LogP contribution < -0.4 is 5.43 Å². The summed E-state index contributed by atoms with van der Waals surface area (Å²) in [6.45, 7) is 4.08. The van der Waals surface area contributed by atoms with E-state index >= 15 is 0 Å². The van der Waals surface area contributed by atoms with Crippen LogP contribution in [-0.2, 0) is 4.79 Å². The van der Waals surface area contributed by atoms with Crippen LogP contribution >= 0.6 is 0 Å². The van der Waals surface area contributed by atoms with Crippen LogP contribution in [0.1, 0.15) is 45.4 Å². The lowest BCUT2D eigenvalue weighted by Gasteiger charge is -2.20. The van der Waals surface area contributed by atoms with Gasteiger partial charge in [-0.1, -0.05) is 19.8 Å². The van der Waals surface area contributed by atoms with Crippen molar-refractivity contribution in [3.05, 3.63) is 0 Å². The van der Waals surface area contributed by atoms with E-state index in [4.69, 9.17) is 0 Å². The highest BCUT2D eigenvalue weighted by atomic mass is 16.2. The van der Waals surface area contributed by atoms with Crippen LogP contribution in [0.15, 0.2) is 0 Å². The molecule has 1 aliphatic heterocycles. The van der Waals surface area contributed by atoms with Gasteiger partial charge in [0.2, 0.25) is 5.91 Å². The van der Waals surface area contributed by atoms with E-state index in [0.717, 1.165) is 19.5 Å². The van der Waals surface area contributed by atoms with Crippen molar-refractivity contribution in [3.8, 4) is 0 Å². The van der Waals surface area contributed by atoms with E-state index < -0.39 is 0 Å². The number of hydrogen-bond donors (Lipinski definition) is 1. The third-order valence-corrected chi connectivity index (χ3v) is 2.37. The largest absolute Gasteiger partial charge is 0.289 e. The lowest BCUT2D eigenvalue weighted by molar-refractivity contribution is -0.125. The first-order chi connectivity index (χ1) is 6.33. The van der Waals surface area contributed by atoms with E-state index in [0.29, 0.717) is 6.42 Å². The van der Waals surface area contributed by atoms with Crippen molar-refractivity contribution >= 4 is 5.91 Å². The van der Waals surface area contributed by atoms with Gasteiger partial charge < -0.3 is 0 Å². The molecule has 0 aliphatic carbocycles. The van der Waals surface area contributed by atoms with Gasteiger partial charge in [0, 0.05) is 19.5 Å². The SMILES string of the molecule is CCCC(=O)NN1CCCCCC1. The number of carbonyl (C=O) groups is 1. The third kappa shape index (κ3) is 4.27. The second-order valence-electron chi connectivity index (χ2n) is 3.69. The molecular formula is C10H20N2O. The molecule has 0 saturated carbocycles. The fraction of sp³-hybridized carbons (Fsp3) is 0.900. The summed E-state index contributed by atoms with van der Waals surface area (Å²) in [4.78, 5) is 11.3. The molecule has 0 aromatic rings. The van der Waals surface area contributed by atoms with Gasteiger partial charge in [0.05, 0.1) is 0 Å². The molecule has 0 bridgehead atoms. The maximum Gasteiger partial charge on any atom is 0.234 e. The Balaban J connectivity index is 2.21. The molecule has 1 N–H and O–H groups in total. The Hall–Kier alpha value is -0.570. The molecule has 1 saturated heterocycles. The predicted octanol–water partition coefficient (Wildman–Crippen LogP) is 1.69. The van der Waals surface area contributed by atoms with Crippen molar-refractivity contribution < 1.29 is 4.79 Å². The molecular weight excluding hydrogens is 164 g/mol. The van der Waals surface area contributed by atoms with Crippen LogP contribution in [0.3, 0.4) is 0 Å². The van der Waals surface area contributed by atoms with E-state index in [1.54, 1.807) is 0 Å². The van der Waals surface area contributed by atoms with Crippen molar-refractivity contribution in [2.45, 2.75) is 45.4 Å². The molecule has 1 amide bonds. The minimum Gasteiger partial charge on any atom is -0.289 e. The average molecular weight is 184 g/mol. The molecule has 1 rings (SSSR count). The van der Waals surface area contributed by atoms with Crippen molar-refractivity contribution in [2.24, 2.45) is 0 Å². The first kappa shape index (κ1) is 10.5. The fourth-order valence-electron chi connectivity index (χ4n) is 1.64. The van der Waals surface area contributed by atoms with Crippen LogP contribution in [-0.4, -0.2) is 24.0 Å². The van der Waals surface area contributed by atoms with Crippen molar-refractivity contribution in [3.63, 3.8) is 0 Å². The topological polar surface area (TPSA) is 32.3 Å². The summed E-state index contributed by atoms with van der Waals surface area (Å²) < 4.78 is 0. The zero-order chi connectivity index (χ0) is 9.52. The van der Waals surface area contributed by atoms with Gasteiger partial charge in [0.25, 0.3) is 0 Å². The Labute approximate surface area is 80.5 Å². The standard InChI is InChI=1S/C10H20N2O/c1-2-7-10(13)11-12-8-5-3-4-6-9-12/h2-9H2,1H3,(H,11,13). The zero-order valence-corrected chi connectivity index (χ0v) is 8.51. The number of carbonyl (C=O) groups excluding carboxylic acids is 1. The van der Waals surface area contributed by atoms with Gasteiger partial charge in [-0.2, -0.15) is 0 Å². The Bertz CT molecular complexity index is 151. The molecule has 0 radical (unpaired) electrons. The first-order valence-corrected chi connectivity index (χ1v) is 5.37. The summed E-state index contributed by atoms with van der Waals surface area (Å²) in [7, 11) is 0. The Kier molecular flexibility index (Phi) is 4.83. The molecule has 13 heavy (non-hydrogen) atoms. The summed E-state index contributed by atoms with van der Waals surface area (Å²) in [5.74, 6) is 0.171. The Morgan fingerprint density at radius 1 is 1.23 bits per heavy atom. The molecule has 0 aromatic heterocycles. The highest BCUT2D eigenvalue weighted by Gasteiger charge is 2.10. The number of hydrazine groups is 1. The minimum absolute atomic E-state index is 0.171. The number of rotatable bonds is 3. The maximum atomic E-state index is 11.3. The second kappa shape index (κ2) is 5.97. The molecule has 1 fully saturated rings. The first-order valence-electron chi connectivity index (χ1n) is 5.37. The molecule has 3 nitrogen and oxygen atoms in total. The minimum atomic E-state index is 0.171. The van der Waals surface area contributed by atoms with Gasteiger partial charge in [-0.15, -0.1) is 0 Å². The summed E-state index contributed by atoms with van der Waals surface area (Å²) >= 11 is 0. The van der Waals surface area contributed by atoms with E-state index in [1.807, 2.05) is 6.92 Å². The van der Waals surface area contributed by atoms with Crippen LogP contribution in [0.5, 0.6) is 0 Å². The fourth-order valence-corrected chi connectivity index (χ4v) is 1.64. The lowest BCUT2D eigenvalue weighted by atomic mass is 10.2. The smallest absolute Gasteiger partial charge is 0.234 e. The molecule has 0 atom stereocenters. The molecule has 3 heteroatoms. The lowest BCUT2D eigenvalue weighted by Crippen LogP contribution is -2.42. The van der Waals surface area contributed by atoms with Crippen molar-refractivity contribution in [1.82, 2.24) is 10.4 Å². The maximum absolute atomic E-state index is 11.3. The summed E-state index contributed by atoms with van der Waals surface area (Å²) in [5.41, 5.74) is 2.95. The third-order valence-electron chi connectivity index (χ3n) is 2.37. The van der Waals surface area contributed by atoms with Crippen LogP contribution in [0.2, 0.25) is 0 Å². The molecule has 76 valence electrons. The normalized spacial score (nSPS) is 19.5. The summed E-state index contributed by atoms with van der Waals surface area (Å²) in [6.07, 6.45) is 6.62. The van der Waals surface area contributed by atoms with Gasteiger partial charge in [0.1, 0.15) is 0 Å². The van der Waals surface area contributed by atoms with E-state index in [1.165, 1.54) is 25.7 Å². The predicted molar refractivity (Wildman–Crippen MR) is 53.1 cm³/mol. The van der Waals surface area contributed by atoms with Crippen molar-refractivity contribution in [2.75, 3.05) is 13.1 Å². The van der Waals surface area contributed by atoms with E-state index in [2.05, 4.69) is 10.4 Å². The van der Waals surface area contributed by atoms with Crippen LogP contribution in [0, 0.1) is 0 Å². The highest BCUT2D eigenvalue weighted by Crippen LogP contribution is 2.07. The van der Waals surface area contributed by atoms with Crippen LogP contribution in [0.4, 0.5) is 0 Å². The van der Waals surface area contributed by atoms with E-state index in [-0.39, 0.29) is 5.91 Å². The quantitative estimate of drug-likeness (QED) is 0.724. The van der Waals surface area contributed by atoms with Gasteiger partial charge in [-0.05, 0) is 19.3 Å². The summed E-state index contributed by atoms with van der Waals surface area (Å²) in [6, 6.07) is 0. The zero-order valence-electron chi connectivity index (χ0n) is 8.51. The molecule has 0 unspecified atom stereocenters. The van der Waals surface area contributed by atoms with Crippen molar-refractivity contribution in [1.29, 1.82) is 0 Å². The number of nitrogens with one attached hydrogen (secondary N) is 1. The monoisotopic (exact) mass is 184 g/mol. The Morgan fingerprint density at radius 3 is 2.38 bits per heavy atom. The number of amides is 1. The van der Waals surface area contributed by atoms with Gasteiger partial charge >= 0.3 is 0 Å². The molecule has 1 heterocycles. The van der Waals surface area contributed by atoms with Gasteiger partial charge in [-0.25, -0.2) is 5.01 Å². The van der Waals surface area contributed by atoms with Gasteiger partial charge in [-0.3, -0.25) is 10.2 Å².